The van der Waals surface area contributed by atoms with Gasteiger partial charge in [-0.1, -0.05) is 6.92 Å². The standard InChI is InChI=1S/C12H16N4/c1-3-12-14-4-5-16(12)11-6-9(2)15-8-10(11)7-13/h4-6,8H,3,7,13H2,1-2H3. The number of pyridine rings is 1. The van der Waals surface area contributed by atoms with Crippen molar-refractivity contribution in [3.05, 3.63) is 41.7 Å². The van der Waals surface area contributed by atoms with Gasteiger partial charge in [0.15, 0.2) is 0 Å². The first-order valence-electron chi connectivity index (χ1n) is 5.44. The molecule has 16 heavy (non-hydrogen) atoms. The lowest BCUT2D eigenvalue weighted by molar-refractivity contribution is 0.867. The summed E-state index contributed by atoms with van der Waals surface area (Å²) in [5, 5.41) is 0. The first-order valence-corrected chi connectivity index (χ1v) is 5.44. The lowest BCUT2D eigenvalue weighted by Gasteiger charge is -2.11. The molecule has 0 unspecified atom stereocenters. The summed E-state index contributed by atoms with van der Waals surface area (Å²) in [6.07, 6.45) is 6.52. The molecule has 2 heterocycles. The van der Waals surface area contributed by atoms with E-state index in [4.69, 9.17) is 5.73 Å². The van der Waals surface area contributed by atoms with E-state index in [1.807, 2.05) is 31.6 Å². The molecule has 0 fully saturated rings. The largest absolute Gasteiger partial charge is 0.326 e. The SMILES string of the molecule is CCc1nccn1-c1cc(C)ncc1CN. The third-order valence-corrected chi connectivity index (χ3v) is 2.61. The van der Waals surface area contributed by atoms with Gasteiger partial charge in [0.05, 0.1) is 5.69 Å². The highest BCUT2D eigenvalue weighted by molar-refractivity contribution is 5.41. The number of imidazole rings is 1. The van der Waals surface area contributed by atoms with Crippen LogP contribution in [0.1, 0.15) is 24.0 Å². The molecule has 84 valence electrons. The van der Waals surface area contributed by atoms with Gasteiger partial charge in [-0.15, -0.1) is 0 Å². The summed E-state index contributed by atoms with van der Waals surface area (Å²) in [6, 6.07) is 2.04. The zero-order valence-electron chi connectivity index (χ0n) is 9.64. The number of hydrogen-bond donors (Lipinski definition) is 1. The molecule has 0 aliphatic heterocycles. The second kappa shape index (κ2) is 4.45. The van der Waals surface area contributed by atoms with Crippen molar-refractivity contribution in [2.45, 2.75) is 26.8 Å². The Bertz CT molecular complexity index is 488. The van der Waals surface area contributed by atoms with Gasteiger partial charge in [0.1, 0.15) is 5.82 Å². The minimum Gasteiger partial charge on any atom is -0.326 e. The van der Waals surface area contributed by atoms with Crippen LogP contribution in [-0.4, -0.2) is 14.5 Å². The minimum atomic E-state index is 0.490. The van der Waals surface area contributed by atoms with Crippen molar-refractivity contribution in [2.75, 3.05) is 0 Å². The highest BCUT2D eigenvalue weighted by atomic mass is 15.1. The lowest BCUT2D eigenvalue weighted by Crippen LogP contribution is -2.07. The van der Waals surface area contributed by atoms with Gasteiger partial charge in [-0.05, 0) is 13.0 Å². The second-order valence-corrected chi connectivity index (χ2v) is 3.73. The van der Waals surface area contributed by atoms with Crippen molar-refractivity contribution >= 4 is 0 Å². The number of hydrogen-bond acceptors (Lipinski definition) is 3. The van der Waals surface area contributed by atoms with E-state index in [0.29, 0.717) is 6.54 Å². The molecule has 0 atom stereocenters. The van der Waals surface area contributed by atoms with Crippen LogP contribution >= 0.6 is 0 Å². The fourth-order valence-corrected chi connectivity index (χ4v) is 1.77. The summed E-state index contributed by atoms with van der Waals surface area (Å²) < 4.78 is 2.08. The average molecular weight is 216 g/mol. The van der Waals surface area contributed by atoms with Crippen molar-refractivity contribution < 1.29 is 0 Å². The van der Waals surface area contributed by atoms with Crippen LogP contribution in [-0.2, 0) is 13.0 Å². The topological polar surface area (TPSA) is 56.7 Å². The highest BCUT2D eigenvalue weighted by Crippen LogP contribution is 2.16. The molecule has 0 saturated carbocycles. The van der Waals surface area contributed by atoms with Gasteiger partial charge >= 0.3 is 0 Å². The molecule has 4 nitrogen and oxygen atoms in total. The summed E-state index contributed by atoms with van der Waals surface area (Å²) in [4.78, 5) is 8.58. The Morgan fingerprint density at radius 1 is 1.38 bits per heavy atom. The molecule has 2 aromatic rings. The van der Waals surface area contributed by atoms with Crippen molar-refractivity contribution in [3.63, 3.8) is 0 Å². The van der Waals surface area contributed by atoms with Gasteiger partial charge in [0.2, 0.25) is 0 Å². The number of nitrogens with zero attached hydrogens (tertiary/aromatic N) is 3. The Morgan fingerprint density at radius 2 is 2.19 bits per heavy atom. The normalized spacial score (nSPS) is 10.7. The van der Waals surface area contributed by atoms with E-state index in [9.17, 15) is 0 Å². The quantitative estimate of drug-likeness (QED) is 0.847. The van der Waals surface area contributed by atoms with E-state index in [1.165, 1.54) is 0 Å². The second-order valence-electron chi connectivity index (χ2n) is 3.73. The summed E-state index contributed by atoms with van der Waals surface area (Å²) >= 11 is 0. The maximum atomic E-state index is 5.72. The zero-order valence-corrected chi connectivity index (χ0v) is 9.64. The molecule has 2 rings (SSSR count). The Morgan fingerprint density at radius 3 is 2.88 bits per heavy atom. The number of aryl methyl sites for hydroxylation is 2. The molecule has 0 aromatic carbocycles. The number of aromatic nitrogens is 3. The molecule has 0 spiro atoms. The van der Waals surface area contributed by atoms with Crippen molar-refractivity contribution in [3.8, 4) is 5.69 Å². The monoisotopic (exact) mass is 216 g/mol. The third-order valence-electron chi connectivity index (χ3n) is 2.61. The van der Waals surface area contributed by atoms with Crippen molar-refractivity contribution in [1.82, 2.24) is 14.5 Å². The molecule has 0 aliphatic carbocycles. The van der Waals surface area contributed by atoms with E-state index in [2.05, 4.69) is 21.5 Å². The van der Waals surface area contributed by atoms with Gasteiger partial charge in [-0.2, -0.15) is 0 Å². The molecule has 0 radical (unpaired) electrons. The molecule has 0 bridgehead atoms. The van der Waals surface area contributed by atoms with Gasteiger partial charge in [0, 0.05) is 42.8 Å². The molecule has 0 aliphatic rings. The predicted octanol–water partition coefficient (Wildman–Crippen LogP) is 1.60. The number of nitrogens with two attached hydrogens (primary N) is 1. The molecule has 2 aromatic heterocycles. The van der Waals surface area contributed by atoms with Crippen molar-refractivity contribution in [2.24, 2.45) is 5.73 Å². The van der Waals surface area contributed by atoms with Gasteiger partial charge in [0.25, 0.3) is 0 Å². The Balaban J connectivity index is 2.58. The Labute approximate surface area is 95.1 Å². The Hall–Kier alpha value is -1.68. The van der Waals surface area contributed by atoms with Crippen LogP contribution in [0.15, 0.2) is 24.7 Å². The summed E-state index contributed by atoms with van der Waals surface area (Å²) in [6.45, 7) is 4.56. The first kappa shape index (κ1) is 10.8. The maximum Gasteiger partial charge on any atom is 0.112 e. The van der Waals surface area contributed by atoms with Crippen molar-refractivity contribution in [1.29, 1.82) is 0 Å². The van der Waals surface area contributed by atoms with Crippen LogP contribution in [0.2, 0.25) is 0 Å². The smallest absolute Gasteiger partial charge is 0.112 e. The fraction of sp³-hybridized carbons (Fsp3) is 0.333. The molecule has 0 saturated heterocycles. The summed E-state index contributed by atoms with van der Waals surface area (Å²) in [5.74, 6) is 1.04. The van der Waals surface area contributed by atoms with Crippen LogP contribution in [0.3, 0.4) is 0 Å². The van der Waals surface area contributed by atoms with E-state index in [-0.39, 0.29) is 0 Å². The highest BCUT2D eigenvalue weighted by Gasteiger charge is 2.08. The minimum absolute atomic E-state index is 0.490. The predicted molar refractivity (Wildman–Crippen MR) is 63.4 cm³/mol. The molecular weight excluding hydrogens is 200 g/mol. The lowest BCUT2D eigenvalue weighted by atomic mass is 10.2. The van der Waals surface area contributed by atoms with Gasteiger partial charge < -0.3 is 10.3 Å². The third kappa shape index (κ3) is 1.84. The van der Waals surface area contributed by atoms with Crippen LogP contribution in [0, 0.1) is 6.92 Å². The molecule has 4 heteroatoms. The molecule has 0 amide bonds. The van der Waals surface area contributed by atoms with Crippen LogP contribution < -0.4 is 5.73 Å². The number of rotatable bonds is 3. The van der Waals surface area contributed by atoms with E-state index in [0.717, 1.165) is 29.2 Å². The van der Waals surface area contributed by atoms with E-state index >= 15 is 0 Å². The van der Waals surface area contributed by atoms with E-state index < -0.39 is 0 Å². The maximum absolute atomic E-state index is 5.72. The van der Waals surface area contributed by atoms with Gasteiger partial charge in [-0.3, -0.25) is 4.98 Å². The van der Waals surface area contributed by atoms with Crippen LogP contribution in [0.25, 0.3) is 5.69 Å². The summed E-state index contributed by atoms with van der Waals surface area (Å²) in [5.41, 5.74) is 8.84. The first-order chi connectivity index (χ1) is 7.76. The zero-order chi connectivity index (χ0) is 11.5. The summed E-state index contributed by atoms with van der Waals surface area (Å²) in [7, 11) is 0. The molecular formula is C12H16N4. The fourth-order valence-electron chi connectivity index (χ4n) is 1.77. The Kier molecular flexibility index (Phi) is 3.01. The van der Waals surface area contributed by atoms with Crippen LogP contribution in [0.5, 0.6) is 0 Å². The van der Waals surface area contributed by atoms with E-state index in [1.54, 1.807) is 0 Å². The average Bonchev–Trinajstić information content (AvgIpc) is 2.76. The van der Waals surface area contributed by atoms with Crippen LogP contribution in [0.4, 0.5) is 0 Å². The van der Waals surface area contributed by atoms with Gasteiger partial charge in [-0.25, -0.2) is 4.98 Å². The molecule has 2 N–H and O–H groups in total.